The molecule has 0 aromatic rings. The molecular formula is C76H137NO8P+. The van der Waals surface area contributed by atoms with Crippen molar-refractivity contribution in [3.05, 3.63) is 97.2 Å². The molecule has 9 nitrogen and oxygen atoms in total. The summed E-state index contributed by atoms with van der Waals surface area (Å²) in [7, 11) is 1.48. The van der Waals surface area contributed by atoms with E-state index in [2.05, 4.69) is 111 Å². The van der Waals surface area contributed by atoms with Gasteiger partial charge in [-0.15, -0.1) is 0 Å². The van der Waals surface area contributed by atoms with Gasteiger partial charge in [0, 0.05) is 12.8 Å². The fourth-order valence-electron chi connectivity index (χ4n) is 10.1. The van der Waals surface area contributed by atoms with Crippen molar-refractivity contribution in [3.8, 4) is 0 Å². The zero-order valence-corrected chi connectivity index (χ0v) is 57.7. The van der Waals surface area contributed by atoms with Gasteiger partial charge >= 0.3 is 19.8 Å². The van der Waals surface area contributed by atoms with E-state index in [1.165, 1.54) is 212 Å². The number of likely N-dealkylation sites (N-methyl/N-ethyl adjacent to an activating group) is 1. The first-order chi connectivity index (χ1) is 42.0. The maximum absolute atomic E-state index is 12.9. The number of phosphoric ester groups is 1. The van der Waals surface area contributed by atoms with E-state index < -0.39 is 26.5 Å². The highest BCUT2D eigenvalue weighted by Crippen LogP contribution is 2.43. The van der Waals surface area contributed by atoms with E-state index in [0.29, 0.717) is 17.4 Å². The molecule has 0 saturated carbocycles. The predicted octanol–water partition coefficient (Wildman–Crippen LogP) is 23.5. The normalized spacial score (nSPS) is 13.7. The number of allylic oxidation sites excluding steroid dienone is 16. The Labute approximate surface area is 532 Å². The van der Waals surface area contributed by atoms with Gasteiger partial charge in [0.25, 0.3) is 0 Å². The molecule has 2 unspecified atom stereocenters. The number of phosphoric acid groups is 1. The fraction of sp³-hybridized carbons (Fsp3) is 0.763. The Balaban J connectivity index is 3.95. The maximum Gasteiger partial charge on any atom is 0.472 e. The van der Waals surface area contributed by atoms with Crippen molar-refractivity contribution in [2.75, 3.05) is 47.5 Å². The summed E-state index contributed by atoms with van der Waals surface area (Å²) in [4.78, 5) is 35.9. The van der Waals surface area contributed by atoms with Gasteiger partial charge < -0.3 is 18.9 Å². The van der Waals surface area contributed by atoms with E-state index in [1.54, 1.807) is 0 Å². The molecule has 0 fully saturated rings. The summed E-state index contributed by atoms with van der Waals surface area (Å²) in [5, 5.41) is 0. The number of hydrogen-bond acceptors (Lipinski definition) is 7. The number of hydrogen-bond donors (Lipinski definition) is 1. The van der Waals surface area contributed by atoms with E-state index in [4.69, 9.17) is 18.5 Å². The number of quaternary nitrogens is 1. The molecular weight excluding hydrogens is 1090 g/mol. The summed E-state index contributed by atoms with van der Waals surface area (Å²) < 4.78 is 34.7. The molecule has 1 N–H and O–H groups in total. The Kier molecular flexibility index (Phi) is 64.0. The van der Waals surface area contributed by atoms with Crippen LogP contribution < -0.4 is 0 Å². The van der Waals surface area contributed by atoms with Crippen LogP contribution in [0.5, 0.6) is 0 Å². The van der Waals surface area contributed by atoms with Gasteiger partial charge in [0.2, 0.25) is 0 Å². The highest BCUT2D eigenvalue weighted by molar-refractivity contribution is 7.47. The Hall–Kier alpha value is -3.07. The smallest absolute Gasteiger partial charge is 0.462 e. The Morgan fingerprint density at radius 1 is 0.372 bits per heavy atom. The molecule has 498 valence electrons. The molecule has 0 aliphatic carbocycles. The Morgan fingerprint density at radius 2 is 0.663 bits per heavy atom. The number of carbonyl (C=O) groups excluding carboxylic acids is 2. The summed E-state index contributed by atoms with van der Waals surface area (Å²) in [5.41, 5.74) is 0. The lowest BCUT2D eigenvalue weighted by molar-refractivity contribution is -0.870. The summed E-state index contributed by atoms with van der Waals surface area (Å²) in [5.74, 6) is -0.791. The largest absolute Gasteiger partial charge is 0.472 e. The maximum atomic E-state index is 12.9. The third-order valence-corrected chi connectivity index (χ3v) is 16.6. The Bertz CT molecular complexity index is 1770. The second kappa shape index (κ2) is 66.4. The molecule has 2 atom stereocenters. The van der Waals surface area contributed by atoms with Crippen LogP contribution in [-0.4, -0.2) is 74.9 Å². The summed E-state index contributed by atoms with van der Waals surface area (Å²) in [6.45, 7) is 4.34. The van der Waals surface area contributed by atoms with E-state index >= 15 is 0 Å². The monoisotopic (exact) mass is 1220 g/mol. The number of nitrogens with zero attached hydrogens (tertiary/aromatic N) is 1. The average molecular weight is 1220 g/mol. The minimum atomic E-state index is -4.39. The van der Waals surface area contributed by atoms with Gasteiger partial charge in [-0.1, -0.05) is 310 Å². The number of carbonyl (C=O) groups is 2. The van der Waals surface area contributed by atoms with Crippen molar-refractivity contribution >= 4 is 19.8 Å². The highest BCUT2D eigenvalue weighted by atomic mass is 31.2. The van der Waals surface area contributed by atoms with Crippen molar-refractivity contribution in [1.29, 1.82) is 0 Å². The summed E-state index contributed by atoms with van der Waals surface area (Å²) in [6.07, 6.45) is 92.4. The quantitative estimate of drug-likeness (QED) is 0.0211. The van der Waals surface area contributed by atoms with Crippen molar-refractivity contribution in [1.82, 2.24) is 0 Å². The van der Waals surface area contributed by atoms with Crippen LogP contribution >= 0.6 is 7.82 Å². The van der Waals surface area contributed by atoms with Crippen molar-refractivity contribution in [3.63, 3.8) is 0 Å². The number of rotatable bonds is 66. The minimum Gasteiger partial charge on any atom is -0.462 e. The molecule has 0 aliphatic heterocycles. The zero-order valence-electron chi connectivity index (χ0n) is 56.8. The summed E-state index contributed by atoms with van der Waals surface area (Å²) in [6, 6.07) is 0. The van der Waals surface area contributed by atoms with Crippen molar-refractivity contribution in [2.24, 2.45) is 0 Å². The van der Waals surface area contributed by atoms with Crippen LogP contribution in [-0.2, 0) is 32.7 Å². The van der Waals surface area contributed by atoms with Crippen LogP contribution in [0, 0.1) is 0 Å². The first-order valence-corrected chi connectivity index (χ1v) is 37.5. The van der Waals surface area contributed by atoms with Gasteiger partial charge in [-0.05, 0) is 96.3 Å². The van der Waals surface area contributed by atoms with Gasteiger partial charge in [0.05, 0.1) is 27.7 Å². The van der Waals surface area contributed by atoms with Crippen LogP contribution in [0.3, 0.4) is 0 Å². The lowest BCUT2D eigenvalue weighted by Gasteiger charge is -2.24. The molecule has 0 aromatic heterocycles. The van der Waals surface area contributed by atoms with E-state index in [-0.39, 0.29) is 32.0 Å². The van der Waals surface area contributed by atoms with E-state index in [9.17, 15) is 19.0 Å². The number of ether oxygens (including phenoxy) is 2. The van der Waals surface area contributed by atoms with Crippen LogP contribution in [0.25, 0.3) is 0 Å². The molecule has 0 spiro atoms. The van der Waals surface area contributed by atoms with Gasteiger partial charge in [-0.25, -0.2) is 4.57 Å². The zero-order chi connectivity index (χ0) is 62.6. The molecule has 0 amide bonds. The molecule has 0 aliphatic rings. The molecule has 86 heavy (non-hydrogen) atoms. The molecule has 10 heteroatoms. The molecule has 0 rings (SSSR count). The second-order valence-corrected chi connectivity index (χ2v) is 26.7. The molecule has 0 radical (unpaired) electrons. The SMILES string of the molecule is CC/C=C\C/C=C\C/C=C\C/C=C\C/C=C\C/C=C\CCCCCCCCCCCCCCCCCCCCCCCCC(=O)OC(COC(=O)CCCCCCCCCCC/C=C\C/C=C\CCCCCCC)COP(=O)(O)OCC[N+](C)(C)C. The van der Waals surface area contributed by atoms with Crippen LogP contribution in [0.1, 0.15) is 322 Å². The Morgan fingerprint density at radius 3 is 0.988 bits per heavy atom. The standard InChI is InChI=1S/C76H136NO8P/c1-6-8-10-12-14-16-18-20-22-24-26-28-29-30-31-32-33-34-35-36-37-38-39-40-41-42-43-44-45-46-47-49-51-53-55-57-59-61-63-65-67-69-76(79)85-74(73-84-86(80,81)83-71-70-77(3,4)5)72-82-75(78)68-66-64-62-60-58-56-54-52-50-48-27-25-23-21-19-17-15-13-11-9-7-2/h8,10,14,16,19-22,25-28,30-31,33-34,74H,6-7,9,11-13,15,17-18,23-24,29,32,35-73H2,1-5H3/p+1/b10-8-,16-14-,21-19-,22-20-,27-25-,28-26-,31-30-,34-33-. The van der Waals surface area contributed by atoms with Crippen molar-refractivity contribution < 1.29 is 42.1 Å². The van der Waals surface area contributed by atoms with Crippen molar-refractivity contribution in [2.45, 2.75) is 328 Å². The van der Waals surface area contributed by atoms with Crippen LogP contribution in [0.4, 0.5) is 0 Å². The molecule has 0 aromatic carbocycles. The van der Waals surface area contributed by atoms with Gasteiger partial charge in [-0.3, -0.25) is 18.6 Å². The average Bonchev–Trinajstić information content (AvgIpc) is 3.70. The van der Waals surface area contributed by atoms with Gasteiger partial charge in [0.15, 0.2) is 6.10 Å². The molecule has 0 saturated heterocycles. The fourth-order valence-corrected chi connectivity index (χ4v) is 10.9. The summed E-state index contributed by atoms with van der Waals surface area (Å²) >= 11 is 0. The highest BCUT2D eigenvalue weighted by Gasteiger charge is 2.27. The first kappa shape index (κ1) is 82.9. The first-order valence-electron chi connectivity index (χ1n) is 36.0. The van der Waals surface area contributed by atoms with Crippen LogP contribution in [0.2, 0.25) is 0 Å². The van der Waals surface area contributed by atoms with E-state index in [0.717, 1.165) is 77.0 Å². The van der Waals surface area contributed by atoms with E-state index in [1.807, 2.05) is 21.1 Å². The number of unbranched alkanes of at least 4 members (excludes halogenated alkanes) is 36. The third-order valence-electron chi connectivity index (χ3n) is 15.6. The molecule has 0 bridgehead atoms. The molecule has 0 heterocycles. The number of esters is 2. The second-order valence-electron chi connectivity index (χ2n) is 25.2. The minimum absolute atomic E-state index is 0.0301. The lowest BCUT2D eigenvalue weighted by Crippen LogP contribution is -2.37. The van der Waals surface area contributed by atoms with Gasteiger partial charge in [0.1, 0.15) is 19.8 Å². The van der Waals surface area contributed by atoms with Crippen LogP contribution in [0.15, 0.2) is 97.2 Å². The lowest BCUT2D eigenvalue weighted by atomic mass is 10.0. The third kappa shape index (κ3) is 70.0. The predicted molar refractivity (Wildman–Crippen MR) is 372 cm³/mol. The van der Waals surface area contributed by atoms with Gasteiger partial charge in [-0.2, -0.15) is 0 Å². The topological polar surface area (TPSA) is 108 Å².